The van der Waals surface area contributed by atoms with E-state index in [0.717, 1.165) is 48.3 Å². The topological polar surface area (TPSA) is 101 Å². The third kappa shape index (κ3) is 3.95. The van der Waals surface area contributed by atoms with Crippen LogP contribution in [-0.2, 0) is 0 Å². The van der Waals surface area contributed by atoms with Crippen LogP contribution in [0.25, 0.3) is 22.4 Å². The first-order chi connectivity index (χ1) is 13.1. The van der Waals surface area contributed by atoms with Crippen molar-refractivity contribution >= 4 is 16.9 Å². The van der Waals surface area contributed by atoms with Gasteiger partial charge in [0.1, 0.15) is 11.6 Å². The summed E-state index contributed by atoms with van der Waals surface area (Å²) in [6, 6.07) is 13.0. The molecule has 1 amide bonds. The number of aromatic amines is 1. The van der Waals surface area contributed by atoms with Crippen molar-refractivity contribution in [2.75, 3.05) is 6.61 Å². The maximum atomic E-state index is 11.3. The van der Waals surface area contributed by atoms with Crippen LogP contribution < -0.4 is 10.5 Å². The number of fused-ring (bicyclic) bond motifs is 1. The Morgan fingerprint density at radius 3 is 2.59 bits per heavy atom. The molecule has 27 heavy (non-hydrogen) atoms. The van der Waals surface area contributed by atoms with Crippen molar-refractivity contribution in [1.82, 2.24) is 9.97 Å². The molecule has 3 aromatic rings. The number of carbonyl (C=O) groups is 1. The number of carbonyl (C=O) groups excluding carboxylic acids is 1. The summed E-state index contributed by atoms with van der Waals surface area (Å²) in [6.45, 7) is 0.687. The fourth-order valence-electron chi connectivity index (χ4n) is 3.53. The number of nitrogens with zero attached hydrogens (tertiary/aromatic N) is 1. The minimum absolute atomic E-state index is 0.136. The van der Waals surface area contributed by atoms with E-state index in [4.69, 9.17) is 10.5 Å². The summed E-state index contributed by atoms with van der Waals surface area (Å²) in [5, 5.41) is 9.57. The molecule has 0 radical (unpaired) electrons. The Morgan fingerprint density at radius 1 is 1.15 bits per heavy atom. The van der Waals surface area contributed by atoms with Gasteiger partial charge in [-0.1, -0.05) is 0 Å². The van der Waals surface area contributed by atoms with Gasteiger partial charge in [0.25, 0.3) is 0 Å². The number of amides is 1. The average molecular weight is 365 g/mol. The molecule has 1 aliphatic rings. The summed E-state index contributed by atoms with van der Waals surface area (Å²) in [5.41, 5.74) is 8.28. The number of aliphatic hydroxyl groups excluding tert-OH is 1. The molecule has 6 nitrogen and oxygen atoms in total. The molecule has 0 bridgehead atoms. The first kappa shape index (κ1) is 17.5. The standard InChI is InChI=1S/C21H23N3O3/c22-20(26)15-5-10-18-19(11-15)24-21(23-18)14-3-8-17(9-4-14)27-12-13-1-6-16(25)7-2-13/h3-5,8-11,13,16,25H,1-2,6-7,12H2,(H2,22,26)(H,23,24)/t13-,16+. The van der Waals surface area contributed by atoms with E-state index in [1.807, 2.05) is 30.3 Å². The molecule has 0 spiro atoms. The molecule has 1 saturated carbocycles. The van der Waals surface area contributed by atoms with E-state index in [-0.39, 0.29) is 6.10 Å². The molecule has 2 aromatic carbocycles. The number of primary amides is 1. The zero-order chi connectivity index (χ0) is 18.8. The number of aromatic nitrogens is 2. The highest BCUT2D eigenvalue weighted by Gasteiger charge is 2.19. The highest BCUT2D eigenvalue weighted by Crippen LogP contribution is 2.27. The Hall–Kier alpha value is -2.86. The van der Waals surface area contributed by atoms with Crippen LogP contribution in [0.5, 0.6) is 5.75 Å². The lowest BCUT2D eigenvalue weighted by atomic mass is 9.88. The average Bonchev–Trinajstić information content (AvgIpc) is 3.11. The molecule has 4 N–H and O–H groups in total. The van der Waals surface area contributed by atoms with Gasteiger partial charge in [-0.2, -0.15) is 0 Å². The number of aliphatic hydroxyl groups is 1. The molecule has 1 heterocycles. The molecule has 0 atom stereocenters. The number of hydrogen-bond acceptors (Lipinski definition) is 4. The van der Waals surface area contributed by atoms with Gasteiger partial charge in [-0.25, -0.2) is 4.98 Å². The molecule has 1 aliphatic carbocycles. The van der Waals surface area contributed by atoms with Crippen LogP contribution >= 0.6 is 0 Å². The lowest BCUT2D eigenvalue weighted by Gasteiger charge is -2.25. The number of benzene rings is 2. The minimum Gasteiger partial charge on any atom is -0.493 e. The van der Waals surface area contributed by atoms with E-state index >= 15 is 0 Å². The molecule has 1 aromatic heterocycles. The molecule has 6 heteroatoms. The highest BCUT2D eigenvalue weighted by molar-refractivity contribution is 5.96. The number of imidazole rings is 1. The quantitative estimate of drug-likeness (QED) is 0.646. The second kappa shape index (κ2) is 7.40. The Bertz CT molecular complexity index is 941. The number of nitrogens with one attached hydrogen (secondary N) is 1. The molecule has 0 aliphatic heterocycles. The summed E-state index contributed by atoms with van der Waals surface area (Å²) in [5.74, 6) is 1.62. The van der Waals surface area contributed by atoms with Gasteiger partial charge in [0.05, 0.1) is 23.7 Å². The summed E-state index contributed by atoms with van der Waals surface area (Å²) < 4.78 is 5.91. The van der Waals surface area contributed by atoms with Gasteiger partial charge in [-0.15, -0.1) is 0 Å². The number of ether oxygens (including phenoxy) is 1. The van der Waals surface area contributed by atoms with Crippen molar-refractivity contribution in [3.8, 4) is 17.1 Å². The van der Waals surface area contributed by atoms with Crippen LogP contribution in [0.2, 0.25) is 0 Å². The Labute approximate surface area is 157 Å². The van der Waals surface area contributed by atoms with Gasteiger partial charge >= 0.3 is 0 Å². The number of rotatable bonds is 5. The van der Waals surface area contributed by atoms with Gasteiger partial charge in [-0.3, -0.25) is 4.79 Å². The monoisotopic (exact) mass is 365 g/mol. The first-order valence-electron chi connectivity index (χ1n) is 9.29. The molecule has 140 valence electrons. The molecule has 0 unspecified atom stereocenters. The maximum Gasteiger partial charge on any atom is 0.248 e. The lowest BCUT2D eigenvalue weighted by Crippen LogP contribution is -2.22. The number of nitrogens with two attached hydrogens (primary N) is 1. The van der Waals surface area contributed by atoms with Crippen LogP contribution in [0.1, 0.15) is 36.0 Å². The summed E-state index contributed by atoms with van der Waals surface area (Å²) >= 11 is 0. The van der Waals surface area contributed by atoms with Crippen molar-refractivity contribution in [1.29, 1.82) is 0 Å². The first-order valence-corrected chi connectivity index (χ1v) is 9.29. The van der Waals surface area contributed by atoms with E-state index in [0.29, 0.717) is 23.6 Å². The third-order valence-electron chi connectivity index (χ3n) is 5.20. The number of H-pyrrole nitrogens is 1. The fraction of sp³-hybridized carbons (Fsp3) is 0.333. The second-order valence-electron chi connectivity index (χ2n) is 7.19. The normalized spacial score (nSPS) is 19.9. The predicted molar refractivity (Wildman–Crippen MR) is 104 cm³/mol. The van der Waals surface area contributed by atoms with Gasteiger partial charge in [0.15, 0.2) is 0 Å². The molecular formula is C21H23N3O3. The molecular weight excluding hydrogens is 342 g/mol. The fourth-order valence-corrected chi connectivity index (χ4v) is 3.53. The van der Waals surface area contributed by atoms with Crippen molar-refractivity contribution in [2.45, 2.75) is 31.8 Å². The Balaban J connectivity index is 1.44. The van der Waals surface area contributed by atoms with Crippen LogP contribution in [0.4, 0.5) is 0 Å². The zero-order valence-electron chi connectivity index (χ0n) is 15.0. The smallest absolute Gasteiger partial charge is 0.248 e. The van der Waals surface area contributed by atoms with Gasteiger partial charge in [-0.05, 0) is 74.1 Å². The molecule has 1 fully saturated rings. The van der Waals surface area contributed by atoms with E-state index in [1.54, 1.807) is 12.1 Å². The summed E-state index contributed by atoms with van der Waals surface area (Å²) in [7, 11) is 0. The van der Waals surface area contributed by atoms with E-state index in [9.17, 15) is 9.90 Å². The number of hydrogen-bond donors (Lipinski definition) is 3. The largest absolute Gasteiger partial charge is 0.493 e. The van der Waals surface area contributed by atoms with Crippen LogP contribution in [0, 0.1) is 5.92 Å². The molecule has 0 saturated heterocycles. The van der Waals surface area contributed by atoms with Crippen molar-refractivity contribution in [3.05, 3.63) is 48.0 Å². The lowest BCUT2D eigenvalue weighted by molar-refractivity contribution is 0.0917. The van der Waals surface area contributed by atoms with E-state index in [2.05, 4.69) is 9.97 Å². The summed E-state index contributed by atoms with van der Waals surface area (Å²) in [6.07, 6.45) is 3.65. The van der Waals surface area contributed by atoms with E-state index in [1.165, 1.54) is 0 Å². The van der Waals surface area contributed by atoms with Gasteiger partial charge in [0.2, 0.25) is 5.91 Å². The van der Waals surface area contributed by atoms with Crippen LogP contribution in [0.15, 0.2) is 42.5 Å². The second-order valence-corrected chi connectivity index (χ2v) is 7.19. The van der Waals surface area contributed by atoms with Gasteiger partial charge < -0.3 is 20.6 Å². The van der Waals surface area contributed by atoms with Crippen molar-refractivity contribution in [3.63, 3.8) is 0 Å². The van der Waals surface area contributed by atoms with Crippen molar-refractivity contribution < 1.29 is 14.6 Å². The highest BCUT2D eigenvalue weighted by atomic mass is 16.5. The zero-order valence-corrected chi connectivity index (χ0v) is 15.0. The Morgan fingerprint density at radius 2 is 1.89 bits per heavy atom. The van der Waals surface area contributed by atoms with Crippen molar-refractivity contribution in [2.24, 2.45) is 11.7 Å². The van der Waals surface area contributed by atoms with E-state index < -0.39 is 5.91 Å². The van der Waals surface area contributed by atoms with Crippen LogP contribution in [0.3, 0.4) is 0 Å². The maximum absolute atomic E-state index is 11.3. The summed E-state index contributed by atoms with van der Waals surface area (Å²) in [4.78, 5) is 19.1. The SMILES string of the molecule is NC(=O)c1ccc2[nH]c(-c3ccc(OC[C@H]4CC[C@@H](O)CC4)cc3)nc2c1. The third-order valence-corrected chi connectivity index (χ3v) is 5.20. The van der Waals surface area contributed by atoms with Gasteiger partial charge in [0, 0.05) is 11.1 Å². The van der Waals surface area contributed by atoms with Crippen LogP contribution in [-0.4, -0.2) is 33.7 Å². The Kier molecular flexibility index (Phi) is 4.81. The minimum atomic E-state index is -0.463. The molecule has 4 rings (SSSR count). The predicted octanol–water partition coefficient (Wildman–Crippen LogP) is 3.26.